The lowest BCUT2D eigenvalue weighted by Crippen LogP contribution is -1.87. The monoisotopic (exact) mass is 212 g/mol. The second-order valence-corrected chi connectivity index (χ2v) is 3.85. The van der Waals surface area contributed by atoms with Gasteiger partial charge in [0.2, 0.25) is 0 Å². The number of ether oxygens (including phenoxy) is 1. The van der Waals surface area contributed by atoms with Gasteiger partial charge in [-0.2, -0.15) is 0 Å². The molecular formula is C15H16O. The van der Waals surface area contributed by atoms with Crippen LogP contribution in [0.4, 0.5) is 0 Å². The van der Waals surface area contributed by atoms with Gasteiger partial charge in [-0.25, -0.2) is 0 Å². The van der Waals surface area contributed by atoms with E-state index in [1.54, 1.807) is 0 Å². The van der Waals surface area contributed by atoms with Crippen molar-refractivity contribution in [1.82, 2.24) is 0 Å². The molecular weight excluding hydrogens is 196 g/mol. The van der Waals surface area contributed by atoms with Crippen LogP contribution in [0.3, 0.4) is 0 Å². The van der Waals surface area contributed by atoms with Crippen LogP contribution in [0.5, 0.6) is 0 Å². The molecule has 16 heavy (non-hydrogen) atoms. The van der Waals surface area contributed by atoms with Gasteiger partial charge in [-0.05, 0) is 34.4 Å². The Bertz CT molecular complexity index is 500. The molecule has 0 aliphatic heterocycles. The van der Waals surface area contributed by atoms with Gasteiger partial charge in [0.1, 0.15) is 6.61 Å². The zero-order chi connectivity index (χ0) is 11.4. The van der Waals surface area contributed by atoms with Crippen molar-refractivity contribution in [3.8, 4) is 0 Å². The lowest BCUT2D eigenvalue weighted by molar-refractivity contribution is 0.238. The Labute approximate surface area is 96.4 Å². The van der Waals surface area contributed by atoms with Gasteiger partial charge in [-0.15, -0.1) is 0 Å². The predicted molar refractivity (Wildman–Crippen MR) is 68.3 cm³/mol. The molecule has 0 saturated heterocycles. The van der Waals surface area contributed by atoms with Gasteiger partial charge in [-0.1, -0.05) is 43.8 Å². The molecule has 0 radical (unpaired) electrons. The van der Waals surface area contributed by atoms with Crippen LogP contribution >= 0.6 is 0 Å². The summed E-state index contributed by atoms with van der Waals surface area (Å²) in [6, 6.07) is 13.0. The van der Waals surface area contributed by atoms with Crippen LogP contribution in [0.15, 0.2) is 49.2 Å². The lowest BCUT2D eigenvalue weighted by Gasteiger charge is -2.05. The average molecular weight is 212 g/mol. The van der Waals surface area contributed by atoms with Crippen LogP contribution in [-0.2, 0) is 17.8 Å². The van der Waals surface area contributed by atoms with E-state index in [0.29, 0.717) is 6.61 Å². The summed E-state index contributed by atoms with van der Waals surface area (Å²) in [4.78, 5) is 0. The van der Waals surface area contributed by atoms with E-state index in [4.69, 9.17) is 4.74 Å². The van der Waals surface area contributed by atoms with Crippen molar-refractivity contribution < 1.29 is 4.74 Å². The standard InChI is InChI=1S/C15H16O/c1-3-12-5-7-15-10-13(11-16-4-2)6-8-14(15)9-12/h4-10H,2-3,11H2,1H3. The Morgan fingerprint density at radius 2 is 1.69 bits per heavy atom. The molecule has 0 aromatic heterocycles. The third-order valence-corrected chi connectivity index (χ3v) is 2.75. The smallest absolute Gasteiger partial charge is 0.112 e. The molecule has 2 rings (SSSR count). The van der Waals surface area contributed by atoms with Crippen LogP contribution in [0.25, 0.3) is 10.8 Å². The number of hydrogen-bond acceptors (Lipinski definition) is 1. The molecule has 1 nitrogen and oxygen atoms in total. The predicted octanol–water partition coefficient (Wildman–Crippen LogP) is 4.06. The number of fused-ring (bicyclic) bond motifs is 1. The highest BCUT2D eigenvalue weighted by Crippen LogP contribution is 2.18. The topological polar surface area (TPSA) is 9.23 Å². The Morgan fingerprint density at radius 1 is 1.06 bits per heavy atom. The largest absolute Gasteiger partial charge is 0.497 e. The van der Waals surface area contributed by atoms with Crippen LogP contribution < -0.4 is 0 Å². The van der Waals surface area contributed by atoms with Crippen molar-refractivity contribution in [2.45, 2.75) is 20.0 Å². The van der Waals surface area contributed by atoms with Gasteiger partial charge >= 0.3 is 0 Å². The summed E-state index contributed by atoms with van der Waals surface area (Å²) in [6.45, 7) is 6.30. The Balaban J connectivity index is 2.35. The van der Waals surface area contributed by atoms with E-state index in [2.05, 4.69) is 49.9 Å². The molecule has 2 aromatic rings. The first kappa shape index (κ1) is 10.7. The summed E-state index contributed by atoms with van der Waals surface area (Å²) in [5.41, 5.74) is 2.55. The molecule has 0 fully saturated rings. The minimum absolute atomic E-state index is 0.592. The van der Waals surface area contributed by atoms with Gasteiger partial charge in [0, 0.05) is 0 Å². The molecule has 1 heteroatoms. The van der Waals surface area contributed by atoms with Crippen LogP contribution in [0.1, 0.15) is 18.1 Å². The Hall–Kier alpha value is -1.76. The molecule has 0 spiro atoms. The lowest BCUT2D eigenvalue weighted by atomic mass is 10.0. The molecule has 2 aromatic carbocycles. The van der Waals surface area contributed by atoms with Gasteiger partial charge in [-0.3, -0.25) is 0 Å². The van der Waals surface area contributed by atoms with Crippen molar-refractivity contribution in [2.24, 2.45) is 0 Å². The summed E-state index contributed by atoms with van der Waals surface area (Å²) in [5, 5.41) is 2.56. The van der Waals surface area contributed by atoms with Gasteiger partial charge in [0.15, 0.2) is 0 Å². The highest BCUT2D eigenvalue weighted by atomic mass is 16.5. The highest BCUT2D eigenvalue weighted by molar-refractivity contribution is 5.83. The highest BCUT2D eigenvalue weighted by Gasteiger charge is 1.97. The molecule has 82 valence electrons. The second-order valence-electron chi connectivity index (χ2n) is 3.85. The van der Waals surface area contributed by atoms with Crippen LogP contribution in [0.2, 0.25) is 0 Å². The SMILES string of the molecule is C=COCc1ccc2cc(CC)ccc2c1. The van der Waals surface area contributed by atoms with Crippen molar-refractivity contribution in [3.05, 3.63) is 60.4 Å². The third-order valence-electron chi connectivity index (χ3n) is 2.75. The van der Waals surface area contributed by atoms with E-state index in [9.17, 15) is 0 Å². The number of aryl methyl sites for hydroxylation is 1. The Morgan fingerprint density at radius 3 is 2.31 bits per heavy atom. The fraction of sp³-hybridized carbons (Fsp3) is 0.200. The minimum atomic E-state index is 0.592. The van der Waals surface area contributed by atoms with E-state index < -0.39 is 0 Å². The van der Waals surface area contributed by atoms with E-state index >= 15 is 0 Å². The van der Waals surface area contributed by atoms with Crippen LogP contribution in [-0.4, -0.2) is 0 Å². The number of hydrogen-bond donors (Lipinski definition) is 0. The summed E-state index contributed by atoms with van der Waals surface area (Å²) < 4.78 is 5.18. The first-order chi connectivity index (χ1) is 7.83. The first-order valence-corrected chi connectivity index (χ1v) is 5.57. The molecule has 0 aliphatic carbocycles. The summed E-state index contributed by atoms with van der Waals surface area (Å²) in [5.74, 6) is 0. The fourth-order valence-corrected chi connectivity index (χ4v) is 1.81. The van der Waals surface area contributed by atoms with Crippen LogP contribution in [0, 0.1) is 0 Å². The fourth-order valence-electron chi connectivity index (χ4n) is 1.81. The molecule has 0 unspecified atom stereocenters. The van der Waals surface area contributed by atoms with Gasteiger partial charge in [0.25, 0.3) is 0 Å². The van der Waals surface area contributed by atoms with Crippen molar-refractivity contribution in [3.63, 3.8) is 0 Å². The molecule has 0 amide bonds. The molecule has 0 saturated carbocycles. The maximum Gasteiger partial charge on any atom is 0.112 e. The van der Waals surface area contributed by atoms with E-state index in [1.807, 2.05) is 0 Å². The molecule has 0 heterocycles. The minimum Gasteiger partial charge on any atom is -0.497 e. The quantitative estimate of drug-likeness (QED) is 0.694. The summed E-state index contributed by atoms with van der Waals surface area (Å²) in [7, 11) is 0. The van der Waals surface area contributed by atoms with Crippen molar-refractivity contribution in [2.75, 3.05) is 0 Å². The normalized spacial score (nSPS) is 10.3. The molecule has 0 atom stereocenters. The zero-order valence-corrected chi connectivity index (χ0v) is 9.57. The summed E-state index contributed by atoms with van der Waals surface area (Å²) >= 11 is 0. The maximum absolute atomic E-state index is 5.18. The van der Waals surface area contributed by atoms with E-state index in [1.165, 1.54) is 28.2 Å². The van der Waals surface area contributed by atoms with Gasteiger partial charge < -0.3 is 4.74 Å². The second kappa shape index (κ2) is 4.84. The average Bonchev–Trinajstić information content (AvgIpc) is 2.35. The van der Waals surface area contributed by atoms with Crippen molar-refractivity contribution in [1.29, 1.82) is 0 Å². The number of benzene rings is 2. The molecule has 0 aliphatic rings. The third kappa shape index (κ3) is 2.25. The van der Waals surface area contributed by atoms with E-state index in [0.717, 1.165) is 6.42 Å². The number of rotatable bonds is 4. The molecule has 0 bridgehead atoms. The molecule has 0 N–H and O–H groups in total. The summed E-state index contributed by atoms with van der Waals surface area (Å²) in [6.07, 6.45) is 2.56. The maximum atomic E-state index is 5.18. The van der Waals surface area contributed by atoms with Gasteiger partial charge in [0.05, 0.1) is 6.26 Å². The first-order valence-electron chi connectivity index (χ1n) is 5.57. The van der Waals surface area contributed by atoms with E-state index in [-0.39, 0.29) is 0 Å². The zero-order valence-electron chi connectivity index (χ0n) is 9.57. The van der Waals surface area contributed by atoms with Crippen molar-refractivity contribution >= 4 is 10.8 Å². The Kier molecular flexibility index (Phi) is 3.25.